The van der Waals surface area contributed by atoms with Crippen LogP contribution < -0.4 is 0 Å². The van der Waals surface area contributed by atoms with E-state index in [9.17, 15) is 36.9 Å². The van der Waals surface area contributed by atoms with E-state index in [0.717, 1.165) is 21.9 Å². The molecule has 0 aliphatic rings. The van der Waals surface area contributed by atoms with Gasteiger partial charge < -0.3 is 0 Å². The summed E-state index contributed by atoms with van der Waals surface area (Å²) in [4.78, 5) is 15.7. The van der Waals surface area contributed by atoms with Crippen LogP contribution in [-0.4, -0.2) is 15.0 Å². The largest absolute Gasteiger partial charge is 0.416 e. The van der Waals surface area contributed by atoms with Crippen molar-refractivity contribution in [2.75, 3.05) is 0 Å². The third-order valence-corrected chi connectivity index (χ3v) is 10.3. The Balaban J connectivity index is 1.41. The Morgan fingerprint density at radius 1 is 0.400 bits per heavy atom. The average molecular weight is 798 g/mol. The molecule has 0 spiro atoms. The molecule has 0 atom stereocenters. The zero-order chi connectivity index (χ0) is 41.8. The molecule has 0 bridgehead atoms. The highest BCUT2D eigenvalue weighted by Gasteiger charge is 2.37. The zero-order valence-corrected chi connectivity index (χ0v) is 30.9. The van der Waals surface area contributed by atoms with Gasteiger partial charge in [-0.25, -0.2) is 15.0 Å². The van der Waals surface area contributed by atoms with Crippen LogP contribution in [0.25, 0.3) is 88.7 Å². The molecule has 60 heavy (non-hydrogen) atoms. The van der Waals surface area contributed by atoms with Crippen LogP contribution in [0.2, 0.25) is 0 Å². The minimum Gasteiger partial charge on any atom is -0.247 e. The number of fused-ring (bicyclic) bond motifs is 5. The van der Waals surface area contributed by atoms with Crippen molar-refractivity contribution in [1.29, 1.82) is 10.5 Å². The van der Waals surface area contributed by atoms with Crippen LogP contribution in [0.3, 0.4) is 0 Å². The van der Waals surface area contributed by atoms with Crippen LogP contribution in [0.15, 0.2) is 152 Å². The number of nitriles is 2. The topological polar surface area (TPSA) is 86.2 Å². The third-order valence-electron chi connectivity index (χ3n) is 10.3. The maximum absolute atomic E-state index is 14.0. The van der Waals surface area contributed by atoms with Gasteiger partial charge in [-0.1, -0.05) is 91.0 Å². The predicted octanol–water partition coefficient (Wildman–Crippen LogP) is 13.4. The molecule has 0 saturated heterocycles. The molecular weight excluding hydrogens is 773 g/mol. The monoisotopic (exact) mass is 797 g/mol. The lowest BCUT2D eigenvalue weighted by Crippen LogP contribution is -2.11. The van der Waals surface area contributed by atoms with Gasteiger partial charge in [-0.2, -0.15) is 36.9 Å². The van der Waals surface area contributed by atoms with Crippen molar-refractivity contribution in [2.45, 2.75) is 12.4 Å². The first-order valence-electron chi connectivity index (χ1n) is 18.4. The van der Waals surface area contributed by atoms with E-state index in [-0.39, 0.29) is 17.2 Å². The quantitative estimate of drug-likeness (QED) is 0.128. The van der Waals surface area contributed by atoms with Crippen molar-refractivity contribution in [1.82, 2.24) is 15.0 Å². The summed E-state index contributed by atoms with van der Waals surface area (Å²) in [6.07, 6.45) is -10.1. The summed E-state index contributed by atoms with van der Waals surface area (Å²) < 4.78 is 84.0. The lowest BCUT2D eigenvalue weighted by atomic mass is 9.90. The van der Waals surface area contributed by atoms with Crippen LogP contribution in [0.4, 0.5) is 26.3 Å². The summed E-state index contributed by atoms with van der Waals surface area (Å²) in [5.74, 6) is 0. The molecule has 11 heteroatoms. The summed E-state index contributed by atoms with van der Waals surface area (Å²) in [6, 6.07) is 45.0. The fraction of sp³-hybridized carbons (Fsp3) is 0.0408. The number of hydrogen-bond donors (Lipinski definition) is 0. The van der Waals surface area contributed by atoms with E-state index in [2.05, 4.69) is 12.1 Å². The van der Waals surface area contributed by atoms with Crippen molar-refractivity contribution in [2.24, 2.45) is 0 Å². The molecule has 288 valence electrons. The SMILES string of the molecule is N#Cc1ccc(-c2nc3cc(-c4ccccc4)c4c5ccccc5nc(-c5cccc(-c6cc(C(F)(F)F)cc(C(F)(F)F)c6)c5)c4c3nc2-c2ccc(C#N)cc2)cc1. The zero-order valence-electron chi connectivity index (χ0n) is 30.9. The average Bonchev–Trinajstić information content (AvgIpc) is 3.27. The Morgan fingerprint density at radius 3 is 1.53 bits per heavy atom. The van der Waals surface area contributed by atoms with Gasteiger partial charge in [0, 0.05) is 32.8 Å². The third kappa shape index (κ3) is 6.82. The first-order chi connectivity index (χ1) is 28.9. The number of benzene rings is 7. The van der Waals surface area contributed by atoms with E-state index in [1.54, 1.807) is 60.7 Å². The molecule has 0 aliphatic heterocycles. The standard InChI is InChI=1S/C49H25F6N5/c50-48(51,52)36-22-35(23-37(24-36)49(53,54)55)33-9-6-10-34(21-33)44-43-42(38-11-4-5-12-40(38)58-44)39(30-7-2-1-3-8-30)25-41-47(43)60-46(32-19-15-29(27-57)16-20-32)45(59-41)31-17-13-28(26-56)14-18-31/h1-25H. The molecule has 0 fully saturated rings. The van der Waals surface area contributed by atoms with E-state index >= 15 is 0 Å². The Kier molecular flexibility index (Phi) is 9.10. The fourth-order valence-corrected chi connectivity index (χ4v) is 7.49. The maximum Gasteiger partial charge on any atom is 0.416 e. The molecule has 0 saturated carbocycles. The van der Waals surface area contributed by atoms with E-state index in [1.807, 2.05) is 60.7 Å². The summed E-state index contributed by atoms with van der Waals surface area (Å²) in [5, 5.41) is 21.2. The summed E-state index contributed by atoms with van der Waals surface area (Å²) in [6.45, 7) is 0. The number of alkyl halides is 6. The Morgan fingerprint density at radius 2 is 0.933 bits per heavy atom. The normalized spacial score (nSPS) is 11.8. The fourth-order valence-electron chi connectivity index (χ4n) is 7.49. The highest BCUT2D eigenvalue weighted by molar-refractivity contribution is 6.25. The van der Waals surface area contributed by atoms with Gasteiger partial charge >= 0.3 is 12.4 Å². The molecule has 9 aromatic rings. The van der Waals surface area contributed by atoms with Crippen molar-refractivity contribution in [3.8, 4) is 68.2 Å². The molecule has 0 radical (unpaired) electrons. The van der Waals surface area contributed by atoms with Gasteiger partial charge in [0.1, 0.15) is 0 Å². The number of pyridine rings is 1. The summed E-state index contributed by atoms with van der Waals surface area (Å²) in [7, 11) is 0. The molecule has 0 amide bonds. The first kappa shape index (κ1) is 37.7. The van der Waals surface area contributed by atoms with E-state index < -0.39 is 23.5 Å². The molecule has 2 heterocycles. The van der Waals surface area contributed by atoms with E-state index in [0.29, 0.717) is 79.0 Å². The van der Waals surface area contributed by atoms with Gasteiger partial charge in [-0.05, 0) is 82.9 Å². The maximum atomic E-state index is 14.0. The molecule has 7 aromatic carbocycles. The van der Waals surface area contributed by atoms with E-state index in [1.165, 1.54) is 12.1 Å². The molecule has 0 N–H and O–H groups in total. The Bertz CT molecular complexity index is 3200. The van der Waals surface area contributed by atoms with Crippen molar-refractivity contribution in [3.63, 3.8) is 0 Å². The van der Waals surface area contributed by atoms with Gasteiger partial charge in [0.05, 0.1) is 68.0 Å². The second kappa shape index (κ2) is 14.5. The molecule has 9 rings (SSSR count). The van der Waals surface area contributed by atoms with Crippen LogP contribution in [0.1, 0.15) is 22.3 Å². The minimum absolute atomic E-state index is 0.110. The van der Waals surface area contributed by atoms with Crippen LogP contribution in [0.5, 0.6) is 0 Å². The predicted molar refractivity (Wildman–Crippen MR) is 219 cm³/mol. The van der Waals surface area contributed by atoms with E-state index in [4.69, 9.17) is 15.0 Å². The number of halogens is 6. The van der Waals surface area contributed by atoms with Crippen LogP contribution in [0, 0.1) is 22.7 Å². The second-order valence-electron chi connectivity index (χ2n) is 14.1. The number of rotatable bonds is 5. The number of aromatic nitrogens is 3. The summed E-state index contributed by atoms with van der Waals surface area (Å²) >= 11 is 0. The molecule has 0 unspecified atom stereocenters. The highest BCUT2D eigenvalue weighted by atomic mass is 19.4. The van der Waals surface area contributed by atoms with Gasteiger partial charge in [0.2, 0.25) is 0 Å². The van der Waals surface area contributed by atoms with Gasteiger partial charge in [-0.15, -0.1) is 0 Å². The molecule has 5 nitrogen and oxygen atoms in total. The highest BCUT2D eigenvalue weighted by Crippen LogP contribution is 2.45. The van der Waals surface area contributed by atoms with Gasteiger partial charge in [-0.3, -0.25) is 0 Å². The van der Waals surface area contributed by atoms with Crippen LogP contribution >= 0.6 is 0 Å². The summed E-state index contributed by atoms with van der Waals surface area (Å²) in [5.41, 5.74) is 4.09. The Hall–Kier alpha value is -7.89. The number of para-hydroxylation sites is 1. The molecule has 2 aromatic heterocycles. The number of nitrogens with zero attached hydrogens (tertiary/aromatic N) is 5. The lowest BCUT2D eigenvalue weighted by Gasteiger charge is -2.19. The van der Waals surface area contributed by atoms with Gasteiger partial charge in [0.25, 0.3) is 0 Å². The number of hydrogen-bond acceptors (Lipinski definition) is 5. The Labute approximate surface area is 338 Å². The van der Waals surface area contributed by atoms with Gasteiger partial charge in [0.15, 0.2) is 0 Å². The smallest absolute Gasteiger partial charge is 0.247 e. The van der Waals surface area contributed by atoms with Crippen molar-refractivity contribution < 1.29 is 26.3 Å². The van der Waals surface area contributed by atoms with Crippen LogP contribution in [-0.2, 0) is 12.4 Å². The van der Waals surface area contributed by atoms with Crippen molar-refractivity contribution >= 4 is 32.7 Å². The molecule has 0 aliphatic carbocycles. The molecular formula is C49H25F6N5. The first-order valence-corrected chi connectivity index (χ1v) is 18.4. The van der Waals surface area contributed by atoms with Crippen molar-refractivity contribution in [3.05, 3.63) is 174 Å². The second-order valence-corrected chi connectivity index (χ2v) is 14.1. The minimum atomic E-state index is -5.03. The lowest BCUT2D eigenvalue weighted by molar-refractivity contribution is -0.143.